The summed E-state index contributed by atoms with van der Waals surface area (Å²) in [6.45, 7) is 8.20. The van der Waals surface area contributed by atoms with Crippen molar-refractivity contribution in [2.24, 2.45) is 0 Å². The Labute approximate surface area is 127 Å². The molecule has 0 fully saturated rings. The van der Waals surface area contributed by atoms with Gasteiger partial charge in [-0.25, -0.2) is 0 Å². The average Bonchev–Trinajstić information content (AvgIpc) is 2.46. The molecule has 0 radical (unpaired) electrons. The number of carbonyl (C=O) groups excluding carboxylic acids is 1. The molecule has 110 valence electrons. The first-order valence-corrected chi connectivity index (χ1v) is 10.6. The molecule has 1 atom stereocenters. The van der Waals surface area contributed by atoms with Crippen LogP contribution in [-0.4, -0.2) is 14.1 Å². The minimum atomic E-state index is -1.89. The van der Waals surface area contributed by atoms with Gasteiger partial charge in [0.15, 0.2) is 14.1 Å². The zero-order valence-electron chi connectivity index (χ0n) is 13.1. The van der Waals surface area contributed by atoms with E-state index < -0.39 is 13.9 Å². The molecule has 1 unspecified atom stereocenters. The van der Waals surface area contributed by atoms with Crippen LogP contribution in [0.25, 0.3) is 0 Å². The average molecular weight is 298 g/mol. The van der Waals surface area contributed by atoms with E-state index in [0.29, 0.717) is 5.56 Å². The van der Waals surface area contributed by atoms with Gasteiger partial charge in [-0.3, -0.25) is 4.79 Å². The highest BCUT2D eigenvalue weighted by Crippen LogP contribution is 2.32. The topological polar surface area (TPSA) is 26.3 Å². The third-order valence-electron chi connectivity index (χ3n) is 3.30. The number of carbonyl (C=O) groups is 1. The first-order valence-electron chi connectivity index (χ1n) is 7.18. The summed E-state index contributed by atoms with van der Waals surface area (Å²) in [4.78, 5) is 13.0. The molecule has 2 rings (SSSR count). The second-order valence-electron chi connectivity index (χ2n) is 6.31. The van der Waals surface area contributed by atoms with Crippen LogP contribution in [-0.2, 0) is 10.0 Å². The molecule has 0 aliphatic heterocycles. The smallest absolute Gasteiger partial charge is 0.197 e. The lowest BCUT2D eigenvalue weighted by atomic mass is 9.88. The normalized spacial score (nSPS) is 14.5. The second-order valence-corrected chi connectivity index (χ2v) is 10.7. The van der Waals surface area contributed by atoms with Crippen LogP contribution in [0.1, 0.15) is 22.8 Å². The van der Waals surface area contributed by atoms with Crippen molar-refractivity contribution in [3.63, 3.8) is 0 Å². The van der Waals surface area contributed by atoms with E-state index in [2.05, 4.69) is 19.6 Å². The molecule has 0 bridgehead atoms. The second kappa shape index (κ2) is 5.96. The third kappa shape index (κ3) is 3.68. The summed E-state index contributed by atoms with van der Waals surface area (Å²) in [5.74, 6) is 0.0109. The zero-order valence-corrected chi connectivity index (χ0v) is 14.1. The molecule has 2 aromatic rings. The Hall–Kier alpha value is -1.71. The quantitative estimate of drug-likeness (QED) is 0.594. The molecular weight excluding hydrogens is 276 g/mol. The van der Waals surface area contributed by atoms with E-state index in [4.69, 9.17) is 4.43 Å². The molecule has 2 nitrogen and oxygen atoms in total. The van der Waals surface area contributed by atoms with Crippen molar-refractivity contribution >= 4 is 14.1 Å². The van der Waals surface area contributed by atoms with E-state index in [1.807, 2.05) is 67.6 Å². The number of benzene rings is 2. The van der Waals surface area contributed by atoms with Gasteiger partial charge < -0.3 is 4.43 Å². The molecule has 0 saturated heterocycles. The largest absolute Gasteiger partial charge is 0.401 e. The summed E-state index contributed by atoms with van der Waals surface area (Å²) in [6.07, 6.45) is 0. The number of hydrogen-bond donors (Lipinski definition) is 0. The Morgan fingerprint density at radius 1 is 0.905 bits per heavy atom. The monoisotopic (exact) mass is 298 g/mol. The molecule has 0 amide bonds. The molecule has 0 saturated carbocycles. The fourth-order valence-corrected chi connectivity index (χ4v) is 3.91. The molecule has 0 N–H and O–H groups in total. The predicted octanol–water partition coefficient (Wildman–Crippen LogP) is 4.64. The SMILES string of the molecule is CC(O[Si](C)(C)C)(C(=O)c1ccccc1)c1ccccc1. The molecule has 3 heteroatoms. The Balaban J connectivity index is 2.49. The molecule has 0 heterocycles. The minimum Gasteiger partial charge on any atom is -0.401 e. The van der Waals surface area contributed by atoms with Crippen LogP contribution in [0.3, 0.4) is 0 Å². The van der Waals surface area contributed by atoms with Crippen LogP contribution in [0, 0.1) is 0 Å². The maximum atomic E-state index is 13.0. The maximum absolute atomic E-state index is 13.0. The zero-order chi connectivity index (χ0) is 15.5. The number of ketones is 1. The Bertz CT molecular complexity index is 602. The summed E-state index contributed by atoms with van der Waals surface area (Å²) >= 11 is 0. The molecular formula is C18H22O2Si. The van der Waals surface area contributed by atoms with Gasteiger partial charge >= 0.3 is 0 Å². The number of Topliss-reactive ketones (excluding diaryl/α,β-unsaturated/α-hetero) is 1. The van der Waals surface area contributed by atoms with E-state index >= 15 is 0 Å². The highest BCUT2D eigenvalue weighted by molar-refractivity contribution is 6.70. The van der Waals surface area contributed by atoms with Crippen molar-refractivity contribution in [2.45, 2.75) is 32.2 Å². The number of hydrogen-bond acceptors (Lipinski definition) is 2. The van der Waals surface area contributed by atoms with Crippen molar-refractivity contribution in [3.8, 4) is 0 Å². The van der Waals surface area contributed by atoms with Crippen LogP contribution in [0.2, 0.25) is 19.6 Å². The van der Waals surface area contributed by atoms with Gasteiger partial charge in [-0.05, 0) is 32.1 Å². The first-order chi connectivity index (χ1) is 9.83. The van der Waals surface area contributed by atoms with E-state index in [1.165, 1.54) is 0 Å². The van der Waals surface area contributed by atoms with Gasteiger partial charge in [-0.1, -0.05) is 60.7 Å². The predicted molar refractivity (Wildman–Crippen MR) is 89.0 cm³/mol. The van der Waals surface area contributed by atoms with Crippen LogP contribution in [0.15, 0.2) is 60.7 Å². The minimum absolute atomic E-state index is 0.0109. The van der Waals surface area contributed by atoms with Gasteiger partial charge in [0, 0.05) is 5.56 Å². The molecule has 0 aliphatic carbocycles. The van der Waals surface area contributed by atoms with Crippen molar-refractivity contribution < 1.29 is 9.22 Å². The highest BCUT2D eigenvalue weighted by atomic mass is 28.4. The summed E-state index contributed by atoms with van der Waals surface area (Å²) in [5, 5.41) is 0. The van der Waals surface area contributed by atoms with Crippen molar-refractivity contribution in [3.05, 3.63) is 71.8 Å². The first kappa shape index (κ1) is 15.7. The molecule has 0 aliphatic rings. The Morgan fingerprint density at radius 3 is 1.86 bits per heavy atom. The standard InChI is InChI=1S/C18H22O2Si/c1-18(20-21(2,3)4,16-13-9-6-10-14-16)17(19)15-11-7-5-8-12-15/h5-14H,1-4H3. The van der Waals surface area contributed by atoms with Gasteiger partial charge in [0.05, 0.1) is 0 Å². The molecule has 2 aromatic carbocycles. The van der Waals surface area contributed by atoms with Gasteiger partial charge in [0.25, 0.3) is 0 Å². The molecule has 21 heavy (non-hydrogen) atoms. The lowest BCUT2D eigenvalue weighted by molar-refractivity contribution is 0.0477. The third-order valence-corrected chi connectivity index (χ3v) is 4.32. The fraction of sp³-hybridized carbons (Fsp3) is 0.278. The van der Waals surface area contributed by atoms with Gasteiger partial charge in [-0.2, -0.15) is 0 Å². The maximum Gasteiger partial charge on any atom is 0.197 e. The lowest BCUT2D eigenvalue weighted by Gasteiger charge is -2.35. The van der Waals surface area contributed by atoms with Crippen molar-refractivity contribution in [1.29, 1.82) is 0 Å². The summed E-state index contributed by atoms with van der Waals surface area (Å²) < 4.78 is 6.32. The van der Waals surface area contributed by atoms with Gasteiger partial charge in [0.1, 0.15) is 5.60 Å². The Morgan fingerprint density at radius 2 is 1.38 bits per heavy atom. The van der Waals surface area contributed by atoms with E-state index in [-0.39, 0.29) is 5.78 Å². The summed E-state index contributed by atoms with van der Waals surface area (Å²) in [5.41, 5.74) is 0.649. The van der Waals surface area contributed by atoms with E-state index in [1.54, 1.807) is 0 Å². The fourth-order valence-electron chi connectivity index (χ4n) is 2.47. The van der Waals surface area contributed by atoms with Crippen molar-refractivity contribution in [2.75, 3.05) is 0 Å². The van der Waals surface area contributed by atoms with Crippen LogP contribution in [0.5, 0.6) is 0 Å². The van der Waals surface area contributed by atoms with Gasteiger partial charge in [0.2, 0.25) is 0 Å². The van der Waals surface area contributed by atoms with Crippen molar-refractivity contribution in [1.82, 2.24) is 0 Å². The molecule has 0 spiro atoms. The van der Waals surface area contributed by atoms with Crippen LogP contribution >= 0.6 is 0 Å². The van der Waals surface area contributed by atoms with Gasteiger partial charge in [-0.15, -0.1) is 0 Å². The summed E-state index contributed by atoms with van der Waals surface area (Å²) in [7, 11) is -1.89. The molecule has 0 aromatic heterocycles. The number of rotatable bonds is 5. The highest BCUT2D eigenvalue weighted by Gasteiger charge is 2.40. The van der Waals surface area contributed by atoms with Crippen LogP contribution < -0.4 is 0 Å². The van der Waals surface area contributed by atoms with E-state index in [9.17, 15) is 4.79 Å². The van der Waals surface area contributed by atoms with E-state index in [0.717, 1.165) is 5.56 Å². The lowest BCUT2D eigenvalue weighted by Crippen LogP contribution is -2.44. The Kier molecular flexibility index (Phi) is 4.45. The summed E-state index contributed by atoms with van der Waals surface area (Å²) in [6, 6.07) is 19.1. The van der Waals surface area contributed by atoms with Crippen LogP contribution in [0.4, 0.5) is 0 Å².